The van der Waals surface area contributed by atoms with Gasteiger partial charge in [0.1, 0.15) is 0 Å². The van der Waals surface area contributed by atoms with Crippen LogP contribution in [0.25, 0.3) is 0 Å². The number of carbonyl (C=O) groups is 2. The van der Waals surface area contributed by atoms with E-state index >= 15 is 0 Å². The van der Waals surface area contributed by atoms with E-state index < -0.39 is 5.41 Å². The number of hydrazine groups is 1. The molecule has 1 aliphatic carbocycles. The molecule has 2 N–H and O–H groups in total. The molecule has 1 saturated carbocycles. The molecule has 0 atom stereocenters. The lowest BCUT2D eigenvalue weighted by Gasteiger charge is -2.30. The second kappa shape index (κ2) is 6.39. The fourth-order valence-electron chi connectivity index (χ4n) is 1.82. The highest BCUT2D eigenvalue weighted by atomic mass is 127. The highest BCUT2D eigenvalue weighted by molar-refractivity contribution is 14.1. The second-order valence-electron chi connectivity index (χ2n) is 4.29. The van der Waals surface area contributed by atoms with Crippen molar-refractivity contribution in [3.8, 4) is 0 Å². The third-order valence-electron chi connectivity index (χ3n) is 2.91. The first kappa shape index (κ1) is 13.7. The van der Waals surface area contributed by atoms with E-state index in [4.69, 9.17) is 4.84 Å². The Hall–Kier alpha value is -0.370. The maximum Gasteiger partial charge on any atom is 0.332 e. The predicted octanol–water partition coefficient (Wildman–Crippen LogP) is 1.47. The number of hydrogen-bond donors (Lipinski definition) is 2. The van der Waals surface area contributed by atoms with Crippen LogP contribution in [0.1, 0.15) is 39.0 Å². The summed E-state index contributed by atoms with van der Waals surface area (Å²) in [6, 6.07) is 0. The Morgan fingerprint density at radius 1 is 1.31 bits per heavy atom. The van der Waals surface area contributed by atoms with Gasteiger partial charge in [-0.3, -0.25) is 10.2 Å². The lowest BCUT2D eigenvalue weighted by molar-refractivity contribution is -0.168. The van der Waals surface area contributed by atoms with Crippen LogP contribution in [0.2, 0.25) is 0 Å². The zero-order valence-corrected chi connectivity index (χ0v) is 11.5. The van der Waals surface area contributed by atoms with Crippen molar-refractivity contribution >= 4 is 34.5 Å². The Kier molecular flexibility index (Phi) is 5.47. The summed E-state index contributed by atoms with van der Waals surface area (Å²) in [5, 5.41) is 0. The normalized spacial score (nSPS) is 18.9. The standard InChI is InChI=1S/C10H17IN2O3/c1-10(5-3-2-4-6-10)9(15)16-13-12-8(14)7-11/h13H,2-7H2,1H3,(H,12,14). The van der Waals surface area contributed by atoms with E-state index in [2.05, 4.69) is 11.0 Å². The van der Waals surface area contributed by atoms with E-state index in [1.807, 2.05) is 29.5 Å². The number of rotatable bonds is 4. The van der Waals surface area contributed by atoms with Gasteiger partial charge < -0.3 is 4.84 Å². The molecule has 5 nitrogen and oxygen atoms in total. The molecular weight excluding hydrogens is 323 g/mol. The summed E-state index contributed by atoms with van der Waals surface area (Å²) in [7, 11) is 0. The molecule has 0 aromatic carbocycles. The van der Waals surface area contributed by atoms with Crippen molar-refractivity contribution in [3.05, 3.63) is 0 Å². The van der Waals surface area contributed by atoms with Crippen LogP contribution in [-0.4, -0.2) is 16.3 Å². The van der Waals surface area contributed by atoms with Crippen molar-refractivity contribution in [2.45, 2.75) is 39.0 Å². The molecule has 0 aromatic heterocycles. The quantitative estimate of drug-likeness (QED) is 0.462. The molecule has 0 aliphatic heterocycles. The SMILES string of the molecule is CC1(C(=O)ONNC(=O)CI)CCCCC1. The average molecular weight is 340 g/mol. The van der Waals surface area contributed by atoms with Crippen molar-refractivity contribution in [1.29, 1.82) is 0 Å². The Balaban J connectivity index is 2.31. The van der Waals surface area contributed by atoms with Gasteiger partial charge in [-0.15, -0.1) is 0 Å². The molecule has 0 bridgehead atoms. The smallest absolute Gasteiger partial charge is 0.332 e. The van der Waals surface area contributed by atoms with Gasteiger partial charge in [-0.2, -0.15) is 0 Å². The maximum atomic E-state index is 11.8. The average Bonchev–Trinajstić information content (AvgIpc) is 2.29. The van der Waals surface area contributed by atoms with Gasteiger partial charge >= 0.3 is 5.97 Å². The van der Waals surface area contributed by atoms with Gasteiger partial charge in [0.15, 0.2) is 0 Å². The highest BCUT2D eigenvalue weighted by Gasteiger charge is 2.36. The molecule has 1 rings (SSSR count). The minimum atomic E-state index is -0.402. The molecule has 0 aromatic rings. The Bertz CT molecular complexity index is 265. The van der Waals surface area contributed by atoms with Crippen LogP contribution in [0.5, 0.6) is 0 Å². The summed E-state index contributed by atoms with van der Waals surface area (Å²) in [5.74, 6) is -0.511. The third-order valence-corrected chi connectivity index (χ3v) is 3.60. The first-order chi connectivity index (χ1) is 7.58. The molecule has 1 fully saturated rings. The first-order valence-corrected chi connectivity index (χ1v) is 6.92. The second-order valence-corrected chi connectivity index (χ2v) is 5.06. The topological polar surface area (TPSA) is 67.4 Å². The van der Waals surface area contributed by atoms with Crippen LogP contribution < -0.4 is 11.0 Å². The van der Waals surface area contributed by atoms with Gasteiger partial charge in [0, 0.05) is 0 Å². The van der Waals surface area contributed by atoms with E-state index in [9.17, 15) is 9.59 Å². The van der Waals surface area contributed by atoms with Gasteiger partial charge in [-0.05, 0) is 19.8 Å². The van der Waals surface area contributed by atoms with E-state index in [-0.39, 0.29) is 11.9 Å². The van der Waals surface area contributed by atoms with Gasteiger partial charge in [-0.1, -0.05) is 47.4 Å². The number of halogens is 1. The van der Waals surface area contributed by atoms with Crippen molar-refractivity contribution in [3.63, 3.8) is 0 Å². The van der Waals surface area contributed by atoms with Crippen molar-refractivity contribution in [2.24, 2.45) is 5.41 Å². The summed E-state index contributed by atoms with van der Waals surface area (Å²) in [5.41, 5.74) is 4.08. The predicted molar refractivity (Wildman–Crippen MR) is 67.4 cm³/mol. The summed E-state index contributed by atoms with van der Waals surface area (Å²) < 4.78 is 0.319. The zero-order valence-electron chi connectivity index (χ0n) is 9.35. The zero-order chi connectivity index (χ0) is 12.0. The lowest BCUT2D eigenvalue weighted by Crippen LogP contribution is -2.43. The minimum absolute atomic E-state index is 0.220. The number of carbonyl (C=O) groups excluding carboxylic acids is 2. The lowest BCUT2D eigenvalue weighted by atomic mass is 9.76. The van der Waals surface area contributed by atoms with Crippen LogP contribution in [0.15, 0.2) is 0 Å². The van der Waals surface area contributed by atoms with Crippen molar-refractivity contribution in [2.75, 3.05) is 4.43 Å². The van der Waals surface area contributed by atoms with Crippen LogP contribution in [-0.2, 0) is 14.4 Å². The molecule has 0 heterocycles. The van der Waals surface area contributed by atoms with E-state index in [0.29, 0.717) is 4.43 Å². The Morgan fingerprint density at radius 2 is 1.94 bits per heavy atom. The van der Waals surface area contributed by atoms with Crippen LogP contribution in [0.4, 0.5) is 0 Å². The van der Waals surface area contributed by atoms with Crippen molar-refractivity contribution < 1.29 is 14.4 Å². The molecule has 6 heteroatoms. The summed E-state index contributed by atoms with van der Waals surface area (Å²) in [6.07, 6.45) is 5.01. The van der Waals surface area contributed by atoms with Crippen LogP contribution in [0.3, 0.4) is 0 Å². The van der Waals surface area contributed by atoms with Crippen LogP contribution >= 0.6 is 22.6 Å². The minimum Gasteiger partial charge on any atom is -0.350 e. The molecule has 0 unspecified atom stereocenters. The molecule has 1 amide bonds. The molecule has 0 spiro atoms. The highest BCUT2D eigenvalue weighted by Crippen LogP contribution is 2.36. The Labute approximate surface area is 109 Å². The van der Waals surface area contributed by atoms with E-state index in [1.165, 1.54) is 6.42 Å². The largest absolute Gasteiger partial charge is 0.350 e. The Morgan fingerprint density at radius 3 is 2.50 bits per heavy atom. The van der Waals surface area contributed by atoms with Gasteiger partial charge in [-0.25, -0.2) is 4.79 Å². The summed E-state index contributed by atoms with van der Waals surface area (Å²) in [4.78, 5) is 27.5. The molecule has 1 aliphatic rings. The maximum absolute atomic E-state index is 11.8. The summed E-state index contributed by atoms with van der Waals surface area (Å²) >= 11 is 1.92. The molecule has 92 valence electrons. The van der Waals surface area contributed by atoms with E-state index in [0.717, 1.165) is 25.7 Å². The van der Waals surface area contributed by atoms with E-state index in [1.54, 1.807) is 0 Å². The van der Waals surface area contributed by atoms with Gasteiger partial charge in [0.25, 0.3) is 0 Å². The number of alkyl halides is 1. The molecule has 0 radical (unpaired) electrons. The third kappa shape index (κ3) is 3.89. The van der Waals surface area contributed by atoms with Gasteiger partial charge in [0.05, 0.1) is 9.84 Å². The molecule has 0 saturated heterocycles. The fourth-order valence-corrected chi connectivity index (χ4v) is 2.01. The summed E-state index contributed by atoms with van der Waals surface area (Å²) in [6.45, 7) is 1.91. The number of nitrogens with one attached hydrogen (secondary N) is 2. The fraction of sp³-hybridized carbons (Fsp3) is 0.800. The number of hydrogen-bond acceptors (Lipinski definition) is 4. The first-order valence-electron chi connectivity index (χ1n) is 5.39. The molecular formula is C10H17IN2O3. The van der Waals surface area contributed by atoms with Gasteiger partial charge in [0.2, 0.25) is 5.91 Å². The van der Waals surface area contributed by atoms with Crippen LogP contribution in [0, 0.1) is 5.41 Å². The van der Waals surface area contributed by atoms with Crippen molar-refractivity contribution in [1.82, 2.24) is 11.0 Å². The monoisotopic (exact) mass is 340 g/mol. The number of amides is 1. The molecule has 16 heavy (non-hydrogen) atoms.